The molecule has 0 amide bonds. The number of aryl methyl sites for hydroxylation is 2. The van der Waals surface area contributed by atoms with Crippen molar-refractivity contribution in [2.75, 3.05) is 11.4 Å². The highest BCUT2D eigenvalue weighted by Crippen LogP contribution is 2.23. The smallest absolute Gasteiger partial charge is 0.264 e. The second kappa shape index (κ2) is 5.05. The van der Waals surface area contributed by atoms with E-state index < -0.39 is 10.0 Å². The summed E-state index contributed by atoms with van der Waals surface area (Å²) in [7, 11) is -1.93. The summed E-state index contributed by atoms with van der Waals surface area (Å²) in [5.74, 6) is 0. The molecule has 0 heterocycles. The van der Waals surface area contributed by atoms with Crippen LogP contribution >= 0.6 is 0 Å². The van der Waals surface area contributed by atoms with Gasteiger partial charge >= 0.3 is 0 Å². The van der Waals surface area contributed by atoms with Crippen LogP contribution in [0.1, 0.15) is 11.1 Å². The molecular weight excluding hydrogens is 258 g/mol. The molecule has 2 aromatic rings. The summed E-state index contributed by atoms with van der Waals surface area (Å²) in [5.41, 5.74) is 2.71. The van der Waals surface area contributed by atoms with Crippen molar-refractivity contribution in [1.29, 1.82) is 0 Å². The molecule has 0 radical (unpaired) electrons. The van der Waals surface area contributed by atoms with Gasteiger partial charge in [-0.05, 0) is 49.2 Å². The monoisotopic (exact) mass is 275 g/mol. The minimum Gasteiger partial charge on any atom is -0.269 e. The van der Waals surface area contributed by atoms with E-state index in [9.17, 15) is 8.42 Å². The molecule has 0 unspecified atom stereocenters. The summed E-state index contributed by atoms with van der Waals surface area (Å²) in [6, 6.07) is 14.3. The number of nitrogens with zero attached hydrogens (tertiary/aromatic N) is 1. The topological polar surface area (TPSA) is 37.4 Å². The molecule has 0 spiro atoms. The van der Waals surface area contributed by atoms with Crippen LogP contribution in [-0.2, 0) is 10.0 Å². The number of anilines is 1. The van der Waals surface area contributed by atoms with Crippen LogP contribution in [0.3, 0.4) is 0 Å². The third-order valence-corrected chi connectivity index (χ3v) is 5.04. The van der Waals surface area contributed by atoms with Gasteiger partial charge in [0.1, 0.15) is 0 Å². The van der Waals surface area contributed by atoms with Crippen LogP contribution in [0.5, 0.6) is 0 Å². The summed E-state index contributed by atoms with van der Waals surface area (Å²) >= 11 is 0. The molecule has 3 nitrogen and oxygen atoms in total. The van der Waals surface area contributed by atoms with Crippen LogP contribution in [0.2, 0.25) is 0 Å². The number of benzene rings is 2. The molecule has 0 fully saturated rings. The van der Waals surface area contributed by atoms with Crippen LogP contribution in [0.4, 0.5) is 5.69 Å². The van der Waals surface area contributed by atoms with Crippen molar-refractivity contribution in [2.24, 2.45) is 0 Å². The second-order valence-electron chi connectivity index (χ2n) is 4.55. The van der Waals surface area contributed by atoms with Gasteiger partial charge in [-0.1, -0.05) is 24.3 Å². The van der Waals surface area contributed by atoms with E-state index in [1.807, 2.05) is 38.1 Å². The van der Waals surface area contributed by atoms with Gasteiger partial charge in [0, 0.05) is 7.05 Å². The standard InChI is InChI=1S/C15H17NO2S/c1-12-9-10-15(11-13(12)2)19(17,18)16(3)14-7-5-4-6-8-14/h4-11H,1-3H3. The quantitative estimate of drug-likeness (QED) is 0.863. The molecule has 19 heavy (non-hydrogen) atoms. The van der Waals surface area contributed by atoms with E-state index in [4.69, 9.17) is 0 Å². The molecular formula is C15H17NO2S. The first kappa shape index (κ1) is 13.6. The summed E-state index contributed by atoms with van der Waals surface area (Å²) in [5, 5.41) is 0. The molecule has 0 N–H and O–H groups in total. The van der Waals surface area contributed by atoms with Crippen molar-refractivity contribution in [3.63, 3.8) is 0 Å². The first-order valence-corrected chi connectivity index (χ1v) is 7.48. The molecule has 0 saturated carbocycles. The molecule has 0 aromatic heterocycles. The maximum Gasteiger partial charge on any atom is 0.264 e. The number of hydrogen-bond acceptors (Lipinski definition) is 2. The van der Waals surface area contributed by atoms with E-state index in [2.05, 4.69) is 0 Å². The summed E-state index contributed by atoms with van der Waals surface area (Å²) in [6.45, 7) is 3.88. The average Bonchev–Trinajstić information content (AvgIpc) is 2.41. The maximum atomic E-state index is 12.5. The fourth-order valence-electron chi connectivity index (χ4n) is 1.81. The van der Waals surface area contributed by atoms with E-state index in [1.54, 1.807) is 31.3 Å². The molecule has 4 heteroatoms. The van der Waals surface area contributed by atoms with Crippen LogP contribution in [0.25, 0.3) is 0 Å². The Morgan fingerprint density at radius 1 is 0.895 bits per heavy atom. The van der Waals surface area contributed by atoms with Gasteiger partial charge in [0.25, 0.3) is 10.0 Å². The minimum atomic E-state index is -3.50. The van der Waals surface area contributed by atoms with Crippen molar-refractivity contribution in [3.05, 3.63) is 59.7 Å². The van der Waals surface area contributed by atoms with E-state index in [0.717, 1.165) is 11.1 Å². The van der Waals surface area contributed by atoms with Gasteiger partial charge in [-0.3, -0.25) is 4.31 Å². The van der Waals surface area contributed by atoms with E-state index >= 15 is 0 Å². The van der Waals surface area contributed by atoms with E-state index in [1.165, 1.54) is 4.31 Å². The van der Waals surface area contributed by atoms with Crippen LogP contribution in [0.15, 0.2) is 53.4 Å². The van der Waals surface area contributed by atoms with Gasteiger partial charge in [-0.15, -0.1) is 0 Å². The first-order chi connectivity index (χ1) is 8.93. The lowest BCUT2D eigenvalue weighted by atomic mass is 10.1. The maximum absolute atomic E-state index is 12.5. The fourth-order valence-corrected chi connectivity index (χ4v) is 3.09. The van der Waals surface area contributed by atoms with Crippen molar-refractivity contribution < 1.29 is 8.42 Å². The second-order valence-corrected chi connectivity index (χ2v) is 6.52. The third kappa shape index (κ3) is 2.63. The van der Waals surface area contributed by atoms with Crippen molar-refractivity contribution >= 4 is 15.7 Å². The van der Waals surface area contributed by atoms with Gasteiger partial charge in [-0.2, -0.15) is 0 Å². The van der Waals surface area contributed by atoms with Crippen molar-refractivity contribution in [2.45, 2.75) is 18.7 Å². The van der Waals surface area contributed by atoms with Crippen LogP contribution in [-0.4, -0.2) is 15.5 Å². The van der Waals surface area contributed by atoms with Crippen LogP contribution < -0.4 is 4.31 Å². The van der Waals surface area contributed by atoms with Crippen molar-refractivity contribution in [3.8, 4) is 0 Å². The van der Waals surface area contributed by atoms with Gasteiger partial charge in [0.05, 0.1) is 10.6 Å². The fraction of sp³-hybridized carbons (Fsp3) is 0.200. The molecule has 2 aromatic carbocycles. The Kier molecular flexibility index (Phi) is 3.62. The van der Waals surface area contributed by atoms with Gasteiger partial charge < -0.3 is 0 Å². The highest BCUT2D eigenvalue weighted by molar-refractivity contribution is 7.92. The summed E-state index contributed by atoms with van der Waals surface area (Å²) in [4.78, 5) is 0.321. The Morgan fingerprint density at radius 3 is 2.11 bits per heavy atom. The zero-order valence-corrected chi connectivity index (χ0v) is 12.1. The SMILES string of the molecule is Cc1ccc(S(=O)(=O)N(C)c2ccccc2)cc1C. The Bertz CT molecular complexity index is 679. The van der Waals surface area contributed by atoms with Crippen molar-refractivity contribution in [1.82, 2.24) is 0 Å². The largest absolute Gasteiger partial charge is 0.269 e. The van der Waals surface area contributed by atoms with E-state index in [0.29, 0.717) is 10.6 Å². The highest BCUT2D eigenvalue weighted by atomic mass is 32.2. The normalized spacial score (nSPS) is 11.3. The molecule has 0 atom stereocenters. The number of hydrogen-bond donors (Lipinski definition) is 0. The van der Waals surface area contributed by atoms with Gasteiger partial charge in [0.15, 0.2) is 0 Å². The summed E-state index contributed by atoms with van der Waals surface area (Å²) < 4.78 is 26.3. The lowest BCUT2D eigenvalue weighted by Crippen LogP contribution is -2.26. The zero-order chi connectivity index (χ0) is 14.0. The minimum absolute atomic E-state index is 0.321. The number of sulfonamides is 1. The molecule has 100 valence electrons. The average molecular weight is 275 g/mol. The lowest BCUT2D eigenvalue weighted by molar-refractivity contribution is 0.594. The third-order valence-electron chi connectivity index (χ3n) is 3.26. The lowest BCUT2D eigenvalue weighted by Gasteiger charge is -2.19. The van der Waals surface area contributed by atoms with Gasteiger partial charge in [-0.25, -0.2) is 8.42 Å². The molecule has 2 rings (SSSR count). The molecule has 0 aliphatic heterocycles. The predicted molar refractivity (Wildman–Crippen MR) is 77.9 cm³/mol. The van der Waals surface area contributed by atoms with Crippen LogP contribution in [0, 0.1) is 13.8 Å². The number of rotatable bonds is 3. The molecule has 0 aliphatic carbocycles. The summed E-state index contributed by atoms with van der Waals surface area (Å²) in [6.07, 6.45) is 0. The Labute approximate surface area is 114 Å². The molecule has 0 bridgehead atoms. The first-order valence-electron chi connectivity index (χ1n) is 6.04. The molecule has 0 aliphatic rings. The predicted octanol–water partition coefficient (Wildman–Crippen LogP) is 3.13. The Balaban J connectivity index is 2.45. The van der Waals surface area contributed by atoms with Gasteiger partial charge in [0.2, 0.25) is 0 Å². The zero-order valence-electron chi connectivity index (χ0n) is 11.3. The van der Waals surface area contributed by atoms with E-state index in [-0.39, 0.29) is 0 Å². The Morgan fingerprint density at radius 2 is 1.53 bits per heavy atom. The highest BCUT2D eigenvalue weighted by Gasteiger charge is 2.21. The number of para-hydroxylation sites is 1. The molecule has 0 saturated heterocycles. The Hall–Kier alpha value is -1.81.